The SMILES string of the molecule is COc1cc(C(=O)NN=Cc2c3ccccc3c(Cl)c3ccccc23)cc(OC)c1OC. The summed E-state index contributed by atoms with van der Waals surface area (Å²) in [6, 6.07) is 18.8. The third kappa shape index (κ3) is 3.81. The average Bonchev–Trinajstić information content (AvgIpc) is 2.84. The number of nitrogens with zero attached hydrogens (tertiary/aromatic N) is 1. The molecule has 4 aromatic rings. The Bertz CT molecular complexity index is 1270. The first-order valence-corrected chi connectivity index (χ1v) is 10.2. The van der Waals surface area contributed by atoms with Crippen molar-refractivity contribution in [3.05, 3.63) is 76.8 Å². The van der Waals surface area contributed by atoms with Crippen LogP contribution < -0.4 is 19.6 Å². The third-order valence-corrected chi connectivity index (χ3v) is 5.60. The molecule has 0 bridgehead atoms. The Morgan fingerprint density at radius 3 is 1.81 bits per heavy atom. The number of fused-ring (bicyclic) bond motifs is 2. The molecule has 0 saturated carbocycles. The van der Waals surface area contributed by atoms with E-state index in [-0.39, 0.29) is 0 Å². The van der Waals surface area contributed by atoms with E-state index < -0.39 is 5.91 Å². The maximum absolute atomic E-state index is 12.8. The highest BCUT2D eigenvalue weighted by molar-refractivity contribution is 6.42. The molecule has 0 heterocycles. The van der Waals surface area contributed by atoms with Crippen LogP contribution in [0.3, 0.4) is 0 Å². The van der Waals surface area contributed by atoms with E-state index in [9.17, 15) is 4.79 Å². The van der Waals surface area contributed by atoms with Gasteiger partial charge >= 0.3 is 0 Å². The molecule has 162 valence electrons. The van der Waals surface area contributed by atoms with E-state index in [4.69, 9.17) is 25.8 Å². The number of rotatable bonds is 6. The van der Waals surface area contributed by atoms with Crippen molar-refractivity contribution >= 4 is 45.3 Å². The highest BCUT2D eigenvalue weighted by Crippen LogP contribution is 2.38. The first kappa shape index (κ1) is 21.5. The maximum Gasteiger partial charge on any atom is 0.271 e. The molecule has 32 heavy (non-hydrogen) atoms. The van der Waals surface area contributed by atoms with Gasteiger partial charge in [-0.1, -0.05) is 60.1 Å². The summed E-state index contributed by atoms with van der Waals surface area (Å²) in [7, 11) is 4.49. The number of nitrogens with one attached hydrogen (secondary N) is 1. The number of benzene rings is 4. The van der Waals surface area contributed by atoms with Gasteiger partial charge in [-0.25, -0.2) is 5.43 Å². The van der Waals surface area contributed by atoms with Gasteiger partial charge in [-0.15, -0.1) is 0 Å². The van der Waals surface area contributed by atoms with E-state index in [0.29, 0.717) is 27.8 Å². The Morgan fingerprint density at radius 2 is 1.34 bits per heavy atom. The normalized spacial score (nSPS) is 11.1. The summed E-state index contributed by atoms with van der Waals surface area (Å²) in [6.45, 7) is 0. The maximum atomic E-state index is 12.8. The molecule has 0 saturated heterocycles. The number of hydrazone groups is 1. The van der Waals surface area contributed by atoms with Crippen molar-refractivity contribution in [2.24, 2.45) is 5.10 Å². The van der Waals surface area contributed by atoms with Crippen LogP contribution in [0.2, 0.25) is 5.02 Å². The molecule has 0 spiro atoms. The standard InChI is InChI=1S/C25H21ClN2O4/c1-30-21-12-15(13-22(31-2)24(21)32-3)25(29)28-27-14-20-16-8-4-6-10-18(16)23(26)19-11-7-5-9-17(19)20/h4-14H,1-3H3,(H,28,29). The Kier molecular flexibility index (Phi) is 6.14. The van der Waals surface area contributed by atoms with Gasteiger partial charge in [-0.3, -0.25) is 4.79 Å². The van der Waals surface area contributed by atoms with Crippen LogP contribution in [0.25, 0.3) is 21.5 Å². The molecule has 0 aliphatic rings. The van der Waals surface area contributed by atoms with Crippen LogP contribution in [0.15, 0.2) is 65.8 Å². The second-order valence-corrected chi connectivity index (χ2v) is 7.31. The second-order valence-electron chi connectivity index (χ2n) is 6.93. The molecule has 0 aromatic heterocycles. The average molecular weight is 449 g/mol. The molecule has 1 N–H and O–H groups in total. The van der Waals surface area contributed by atoms with Gasteiger partial charge in [0.2, 0.25) is 5.75 Å². The molecular weight excluding hydrogens is 428 g/mol. The molecular formula is C25H21ClN2O4. The lowest BCUT2D eigenvalue weighted by atomic mass is 9.97. The topological polar surface area (TPSA) is 69.2 Å². The fraction of sp³-hybridized carbons (Fsp3) is 0.120. The molecule has 4 rings (SSSR count). The van der Waals surface area contributed by atoms with Crippen LogP contribution >= 0.6 is 11.6 Å². The summed E-state index contributed by atoms with van der Waals surface area (Å²) in [6.07, 6.45) is 1.64. The van der Waals surface area contributed by atoms with Crippen molar-refractivity contribution in [1.29, 1.82) is 0 Å². The molecule has 7 heteroatoms. The van der Waals surface area contributed by atoms with Crippen molar-refractivity contribution in [1.82, 2.24) is 5.43 Å². The zero-order valence-corrected chi connectivity index (χ0v) is 18.6. The fourth-order valence-electron chi connectivity index (χ4n) is 3.68. The Hall–Kier alpha value is -3.77. The molecule has 0 radical (unpaired) electrons. The predicted octanol–water partition coefficient (Wildman–Crippen LogP) is 5.44. The Balaban J connectivity index is 1.71. The van der Waals surface area contributed by atoms with Gasteiger partial charge in [-0.05, 0) is 22.9 Å². The smallest absolute Gasteiger partial charge is 0.271 e. The highest BCUT2D eigenvalue weighted by Gasteiger charge is 2.17. The van der Waals surface area contributed by atoms with E-state index in [0.717, 1.165) is 27.1 Å². The van der Waals surface area contributed by atoms with Crippen molar-refractivity contribution in [3.8, 4) is 17.2 Å². The lowest BCUT2D eigenvalue weighted by molar-refractivity contribution is 0.0954. The van der Waals surface area contributed by atoms with E-state index in [1.54, 1.807) is 18.3 Å². The minimum atomic E-state index is -0.414. The number of carbonyl (C=O) groups is 1. The van der Waals surface area contributed by atoms with Gasteiger partial charge in [0.15, 0.2) is 11.5 Å². The summed E-state index contributed by atoms with van der Waals surface area (Å²) < 4.78 is 15.9. The first-order valence-electron chi connectivity index (χ1n) is 9.81. The van der Waals surface area contributed by atoms with E-state index in [1.165, 1.54) is 21.3 Å². The molecule has 0 unspecified atom stereocenters. The molecule has 0 atom stereocenters. The Labute approximate surface area is 190 Å². The molecule has 1 amide bonds. The largest absolute Gasteiger partial charge is 0.493 e. The fourth-order valence-corrected chi connectivity index (χ4v) is 4.01. The van der Waals surface area contributed by atoms with Crippen LogP contribution in [0.1, 0.15) is 15.9 Å². The minimum absolute atomic E-state index is 0.322. The minimum Gasteiger partial charge on any atom is -0.493 e. The predicted molar refractivity (Wildman–Crippen MR) is 128 cm³/mol. The summed E-state index contributed by atoms with van der Waals surface area (Å²) in [5.74, 6) is 0.767. The van der Waals surface area contributed by atoms with Gasteiger partial charge in [-0.2, -0.15) is 5.10 Å². The number of halogens is 1. The van der Waals surface area contributed by atoms with Crippen LogP contribution in [-0.2, 0) is 0 Å². The lowest BCUT2D eigenvalue weighted by Gasteiger charge is -2.13. The third-order valence-electron chi connectivity index (χ3n) is 5.19. The zero-order chi connectivity index (χ0) is 22.7. The first-order chi connectivity index (χ1) is 15.6. The number of hydrogen-bond donors (Lipinski definition) is 1. The van der Waals surface area contributed by atoms with Crippen LogP contribution in [0, 0.1) is 0 Å². The van der Waals surface area contributed by atoms with Gasteiger partial charge in [0, 0.05) is 21.9 Å². The second kappa shape index (κ2) is 9.16. The van der Waals surface area contributed by atoms with E-state index in [1.807, 2.05) is 48.5 Å². The summed E-state index contributed by atoms with van der Waals surface area (Å²) in [5.41, 5.74) is 3.77. The molecule has 0 fully saturated rings. The lowest BCUT2D eigenvalue weighted by Crippen LogP contribution is -2.18. The number of amides is 1. The van der Waals surface area contributed by atoms with Crippen molar-refractivity contribution in [2.45, 2.75) is 0 Å². The monoisotopic (exact) mass is 448 g/mol. The zero-order valence-electron chi connectivity index (χ0n) is 17.8. The summed E-state index contributed by atoms with van der Waals surface area (Å²) in [5, 5.41) is 8.65. The molecule has 4 aromatic carbocycles. The number of hydrogen-bond acceptors (Lipinski definition) is 5. The van der Waals surface area contributed by atoms with Gasteiger partial charge in [0.1, 0.15) is 0 Å². The summed E-state index contributed by atoms with van der Waals surface area (Å²) >= 11 is 6.64. The molecule has 0 aliphatic heterocycles. The van der Waals surface area contributed by atoms with Crippen LogP contribution in [-0.4, -0.2) is 33.5 Å². The van der Waals surface area contributed by atoms with E-state index >= 15 is 0 Å². The van der Waals surface area contributed by atoms with Crippen LogP contribution in [0.4, 0.5) is 0 Å². The van der Waals surface area contributed by atoms with Gasteiger partial charge < -0.3 is 14.2 Å². The van der Waals surface area contributed by atoms with Crippen molar-refractivity contribution in [3.63, 3.8) is 0 Å². The number of methoxy groups -OCH3 is 3. The molecule has 0 aliphatic carbocycles. The summed E-state index contributed by atoms with van der Waals surface area (Å²) in [4.78, 5) is 12.8. The quantitative estimate of drug-likeness (QED) is 0.242. The number of ether oxygens (including phenoxy) is 3. The number of carbonyl (C=O) groups excluding carboxylic acids is 1. The van der Waals surface area contributed by atoms with Crippen molar-refractivity contribution < 1.29 is 19.0 Å². The molecule has 6 nitrogen and oxygen atoms in total. The van der Waals surface area contributed by atoms with Crippen LogP contribution in [0.5, 0.6) is 17.2 Å². The van der Waals surface area contributed by atoms with Crippen molar-refractivity contribution in [2.75, 3.05) is 21.3 Å². The van der Waals surface area contributed by atoms with Gasteiger partial charge in [0.05, 0.1) is 32.6 Å². The van der Waals surface area contributed by atoms with E-state index in [2.05, 4.69) is 10.5 Å². The van der Waals surface area contributed by atoms with Gasteiger partial charge in [0.25, 0.3) is 5.91 Å². The Morgan fingerprint density at radius 1 is 0.844 bits per heavy atom. The highest BCUT2D eigenvalue weighted by atomic mass is 35.5.